The molecule has 2 fully saturated rings. The molecule has 1 aromatic rings. The van der Waals surface area contributed by atoms with Crippen LogP contribution in [0.1, 0.15) is 12.8 Å². The van der Waals surface area contributed by atoms with Gasteiger partial charge in [0.2, 0.25) is 11.8 Å². The van der Waals surface area contributed by atoms with E-state index in [-0.39, 0.29) is 24.4 Å². The van der Waals surface area contributed by atoms with Crippen molar-refractivity contribution in [2.45, 2.75) is 18.9 Å². The molecule has 5 heteroatoms. The lowest BCUT2D eigenvalue weighted by molar-refractivity contribution is -0.140. The minimum Gasteiger partial charge on any atom is -0.497 e. The summed E-state index contributed by atoms with van der Waals surface area (Å²) >= 11 is 0. The summed E-state index contributed by atoms with van der Waals surface area (Å²) in [6.45, 7) is 0.837. The molecule has 1 aromatic carbocycles. The number of amides is 2. The molecule has 0 bridgehead atoms. The van der Waals surface area contributed by atoms with Crippen LogP contribution >= 0.6 is 0 Å². The first-order valence-corrected chi connectivity index (χ1v) is 6.45. The second kappa shape index (κ2) is 4.57. The number of ether oxygens (including phenoxy) is 1. The number of rotatable bonds is 2. The molecule has 2 aliphatic rings. The summed E-state index contributed by atoms with van der Waals surface area (Å²) in [7, 11) is 1.58. The average molecular weight is 260 g/mol. The Kier molecular flexibility index (Phi) is 2.89. The molecule has 0 radical (unpaired) electrons. The van der Waals surface area contributed by atoms with Crippen molar-refractivity contribution in [3.05, 3.63) is 24.3 Å². The van der Waals surface area contributed by atoms with E-state index in [1.165, 1.54) is 0 Å². The SMILES string of the molecule is COc1cccc(N2CC(=O)N3CCCC3C2=O)c1. The second-order valence-corrected chi connectivity index (χ2v) is 4.87. The van der Waals surface area contributed by atoms with E-state index in [2.05, 4.69) is 0 Å². The Balaban J connectivity index is 1.91. The lowest BCUT2D eigenvalue weighted by Crippen LogP contribution is -2.57. The van der Waals surface area contributed by atoms with Gasteiger partial charge in [-0.3, -0.25) is 9.59 Å². The number of carbonyl (C=O) groups is 2. The smallest absolute Gasteiger partial charge is 0.250 e. The van der Waals surface area contributed by atoms with Crippen LogP contribution in [-0.2, 0) is 9.59 Å². The summed E-state index contributed by atoms with van der Waals surface area (Å²) in [4.78, 5) is 27.8. The van der Waals surface area contributed by atoms with Gasteiger partial charge in [-0.1, -0.05) is 6.07 Å². The van der Waals surface area contributed by atoms with E-state index in [0.717, 1.165) is 18.5 Å². The van der Waals surface area contributed by atoms with Gasteiger partial charge in [0.05, 0.1) is 7.11 Å². The molecule has 1 unspecified atom stereocenters. The minimum atomic E-state index is -0.271. The van der Waals surface area contributed by atoms with E-state index in [4.69, 9.17) is 4.74 Å². The van der Waals surface area contributed by atoms with Crippen molar-refractivity contribution in [2.24, 2.45) is 0 Å². The number of benzene rings is 1. The highest BCUT2D eigenvalue weighted by molar-refractivity contribution is 6.06. The monoisotopic (exact) mass is 260 g/mol. The lowest BCUT2D eigenvalue weighted by Gasteiger charge is -2.36. The molecule has 2 amide bonds. The van der Waals surface area contributed by atoms with Crippen LogP contribution in [0.4, 0.5) is 5.69 Å². The Bertz CT molecular complexity index is 529. The van der Waals surface area contributed by atoms with Crippen molar-refractivity contribution in [3.63, 3.8) is 0 Å². The Morgan fingerprint density at radius 2 is 2.16 bits per heavy atom. The van der Waals surface area contributed by atoms with Crippen molar-refractivity contribution in [1.82, 2.24) is 4.90 Å². The maximum Gasteiger partial charge on any atom is 0.250 e. The van der Waals surface area contributed by atoms with Crippen LogP contribution in [0.2, 0.25) is 0 Å². The minimum absolute atomic E-state index is 0.0188. The molecular weight excluding hydrogens is 244 g/mol. The molecule has 0 saturated carbocycles. The van der Waals surface area contributed by atoms with Crippen LogP contribution < -0.4 is 9.64 Å². The summed E-state index contributed by atoms with van der Waals surface area (Å²) in [6.07, 6.45) is 1.68. The Hall–Kier alpha value is -2.04. The second-order valence-electron chi connectivity index (χ2n) is 4.87. The van der Waals surface area contributed by atoms with Gasteiger partial charge in [-0.2, -0.15) is 0 Å². The van der Waals surface area contributed by atoms with Gasteiger partial charge in [-0.25, -0.2) is 0 Å². The van der Waals surface area contributed by atoms with E-state index in [9.17, 15) is 9.59 Å². The van der Waals surface area contributed by atoms with Crippen LogP contribution in [-0.4, -0.2) is 43.0 Å². The van der Waals surface area contributed by atoms with E-state index in [0.29, 0.717) is 12.3 Å². The number of piperazine rings is 1. The van der Waals surface area contributed by atoms with Crippen molar-refractivity contribution in [3.8, 4) is 5.75 Å². The maximum absolute atomic E-state index is 12.4. The molecule has 0 N–H and O–H groups in total. The quantitative estimate of drug-likeness (QED) is 0.798. The third-order valence-electron chi connectivity index (χ3n) is 3.78. The fourth-order valence-corrected chi connectivity index (χ4v) is 2.80. The zero-order valence-corrected chi connectivity index (χ0v) is 10.8. The summed E-state index contributed by atoms with van der Waals surface area (Å²) in [6, 6.07) is 7.00. The highest BCUT2D eigenvalue weighted by atomic mass is 16.5. The molecular formula is C14H16N2O3. The first-order valence-electron chi connectivity index (χ1n) is 6.45. The largest absolute Gasteiger partial charge is 0.497 e. The average Bonchev–Trinajstić information content (AvgIpc) is 2.93. The molecule has 1 atom stereocenters. The topological polar surface area (TPSA) is 49.9 Å². The molecule has 5 nitrogen and oxygen atoms in total. The predicted molar refractivity (Wildman–Crippen MR) is 70.1 cm³/mol. The fourth-order valence-electron chi connectivity index (χ4n) is 2.80. The van der Waals surface area contributed by atoms with Gasteiger partial charge in [0.15, 0.2) is 0 Å². The van der Waals surface area contributed by atoms with Crippen molar-refractivity contribution >= 4 is 17.5 Å². The number of carbonyl (C=O) groups excluding carboxylic acids is 2. The summed E-state index contributed by atoms with van der Waals surface area (Å²) in [5.74, 6) is 0.738. The van der Waals surface area contributed by atoms with E-state index < -0.39 is 0 Å². The standard InChI is InChI=1S/C14H16N2O3/c1-19-11-5-2-4-10(8-11)16-9-13(17)15-7-3-6-12(15)14(16)18/h2,4-5,8,12H,3,6-7,9H2,1H3. The van der Waals surface area contributed by atoms with Gasteiger partial charge in [-0.05, 0) is 25.0 Å². The van der Waals surface area contributed by atoms with Crippen LogP contribution in [0.5, 0.6) is 5.75 Å². The van der Waals surface area contributed by atoms with Gasteiger partial charge in [0.25, 0.3) is 0 Å². The first-order chi connectivity index (χ1) is 9.20. The van der Waals surface area contributed by atoms with Crippen LogP contribution in [0.25, 0.3) is 0 Å². The van der Waals surface area contributed by atoms with Crippen molar-refractivity contribution in [2.75, 3.05) is 25.1 Å². The number of fused-ring (bicyclic) bond motifs is 1. The number of hydrogen-bond donors (Lipinski definition) is 0. The highest BCUT2D eigenvalue weighted by Crippen LogP contribution is 2.28. The molecule has 2 heterocycles. The third kappa shape index (κ3) is 1.95. The van der Waals surface area contributed by atoms with Gasteiger partial charge < -0.3 is 14.5 Å². The van der Waals surface area contributed by atoms with Gasteiger partial charge in [0.1, 0.15) is 18.3 Å². The van der Waals surface area contributed by atoms with Crippen LogP contribution in [0.15, 0.2) is 24.3 Å². The van der Waals surface area contributed by atoms with Gasteiger partial charge >= 0.3 is 0 Å². The first kappa shape index (κ1) is 12.0. The van der Waals surface area contributed by atoms with Gasteiger partial charge in [0, 0.05) is 18.3 Å². The zero-order chi connectivity index (χ0) is 13.4. The molecule has 3 rings (SSSR count). The maximum atomic E-state index is 12.4. The number of nitrogens with zero attached hydrogens (tertiary/aromatic N) is 2. The third-order valence-corrected chi connectivity index (χ3v) is 3.78. The molecule has 100 valence electrons. The van der Waals surface area contributed by atoms with Gasteiger partial charge in [-0.15, -0.1) is 0 Å². The zero-order valence-electron chi connectivity index (χ0n) is 10.8. The Labute approximate surface area is 111 Å². The molecule has 0 aliphatic carbocycles. The summed E-state index contributed by atoms with van der Waals surface area (Å²) < 4.78 is 5.16. The fraction of sp³-hybridized carbons (Fsp3) is 0.429. The summed E-state index contributed by atoms with van der Waals surface area (Å²) in [5, 5.41) is 0. The van der Waals surface area contributed by atoms with E-state index in [1.54, 1.807) is 23.0 Å². The molecule has 2 aliphatic heterocycles. The number of anilines is 1. The predicted octanol–water partition coefficient (Wildman–Crippen LogP) is 1.03. The van der Waals surface area contributed by atoms with E-state index in [1.807, 2.05) is 18.2 Å². The Morgan fingerprint density at radius 1 is 1.32 bits per heavy atom. The Morgan fingerprint density at radius 3 is 2.95 bits per heavy atom. The molecule has 2 saturated heterocycles. The molecule has 19 heavy (non-hydrogen) atoms. The van der Waals surface area contributed by atoms with Crippen LogP contribution in [0, 0.1) is 0 Å². The number of hydrogen-bond acceptors (Lipinski definition) is 3. The lowest BCUT2D eigenvalue weighted by atomic mass is 10.1. The summed E-state index contributed by atoms with van der Waals surface area (Å²) in [5.41, 5.74) is 0.726. The van der Waals surface area contributed by atoms with Crippen LogP contribution in [0.3, 0.4) is 0 Å². The normalized spacial score (nSPS) is 22.7. The van der Waals surface area contributed by atoms with Crippen molar-refractivity contribution < 1.29 is 14.3 Å². The highest BCUT2D eigenvalue weighted by Gasteiger charge is 2.42. The van der Waals surface area contributed by atoms with Crippen molar-refractivity contribution in [1.29, 1.82) is 0 Å². The molecule has 0 aromatic heterocycles. The number of methoxy groups -OCH3 is 1. The van der Waals surface area contributed by atoms with E-state index >= 15 is 0 Å². The molecule has 0 spiro atoms.